The standard InChI is InChI=1S/C18H24N2O3.ClH/c1-14(21)20-13-18(16-12-15(22-2)6-7-17(16)20)23-11-10-19-8-4-3-5-9-19;/h6-7,12-13H,3-5,8-11H2,1-2H3;1H. The van der Waals surface area contributed by atoms with Gasteiger partial charge in [0.05, 0.1) is 18.8 Å². The molecule has 1 aromatic carbocycles. The number of rotatable bonds is 5. The van der Waals surface area contributed by atoms with Crippen molar-refractivity contribution in [2.45, 2.75) is 26.2 Å². The van der Waals surface area contributed by atoms with Gasteiger partial charge < -0.3 is 9.47 Å². The van der Waals surface area contributed by atoms with Gasteiger partial charge in [0.1, 0.15) is 18.1 Å². The monoisotopic (exact) mass is 352 g/mol. The zero-order valence-corrected chi connectivity index (χ0v) is 15.1. The second kappa shape index (κ2) is 8.40. The molecule has 132 valence electrons. The number of benzene rings is 1. The van der Waals surface area contributed by atoms with E-state index >= 15 is 0 Å². The minimum atomic E-state index is -0.0222. The molecule has 0 aliphatic carbocycles. The van der Waals surface area contributed by atoms with Crippen LogP contribution in [0.25, 0.3) is 10.9 Å². The van der Waals surface area contributed by atoms with Gasteiger partial charge in [-0.2, -0.15) is 0 Å². The van der Waals surface area contributed by atoms with Gasteiger partial charge in [0, 0.05) is 18.9 Å². The van der Waals surface area contributed by atoms with Crippen molar-refractivity contribution in [3.05, 3.63) is 24.4 Å². The van der Waals surface area contributed by atoms with E-state index < -0.39 is 0 Å². The van der Waals surface area contributed by atoms with Crippen molar-refractivity contribution in [1.29, 1.82) is 0 Å². The Bertz CT molecular complexity index is 693. The maximum atomic E-state index is 11.8. The summed E-state index contributed by atoms with van der Waals surface area (Å²) in [6.45, 7) is 5.44. The van der Waals surface area contributed by atoms with Crippen LogP contribution in [0.4, 0.5) is 0 Å². The Morgan fingerprint density at radius 1 is 1.21 bits per heavy atom. The average molecular weight is 353 g/mol. The molecule has 3 rings (SSSR count). The van der Waals surface area contributed by atoms with E-state index in [2.05, 4.69) is 4.90 Å². The lowest BCUT2D eigenvalue weighted by atomic mass is 10.1. The third-order valence-corrected chi connectivity index (χ3v) is 4.43. The largest absolute Gasteiger partial charge is 0.497 e. The first-order valence-electron chi connectivity index (χ1n) is 8.24. The van der Waals surface area contributed by atoms with E-state index in [-0.39, 0.29) is 18.3 Å². The molecule has 5 nitrogen and oxygen atoms in total. The number of ether oxygens (including phenoxy) is 2. The van der Waals surface area contributed by atoms with Crippen molar-refractivity contribution in [1.82, 2.24) is 9.47 Å². The zero-order chi connectivity index (χ0) is 16.2. The highest BCUT2D eigenvalue weighted by Gasteiger charge is 2.14. The van der Waals surface area contributed by atoms with Crippen LogP contribution in [0.15, 0.2) is 24.4 Å². The first kappa shape index (κ1) is 18.6. The number of carbonyl (C=O) groups is 1. The number of nitrogens with zero attached hydrogens (tertiary/aromatic N) is 2. The highest BCUT2D eigenvalue weighted by Crippen LogP contribution is 2.31. The number of methoxy groups -OCH3 is 1. The lowest BCUT2D eigenvalue weighted by Crippen LogP contribution is -2.33. The van der Waals surface area contributed by atoms with E-state index in [9.17, 15) is 4.79 Å². The zero-order valence-electron chi connectivity index (χ0n) is 14.3. The van der Waals surface area contributed by atoms with E-state index in [1.54, 1.807) is 24.8 Å². The summed E-state index contributed by atoms with van der Waals surface area (Å²) in [6, 6.07) is 5.68. The predicted octanol–water partition coefficient (Wildman–Crippen LogP) is 3.60. The second-order valence-electron chi connectivity index (χ2n) is 6.02. The number of likely N-dealkylation sites (tertiary alicyclic amines) is 1. The lowest BCUT2D eigenvalue weighted by molar-refractivity contribution is 0.0940. The van der Waals surface area contributed by atoms with E-state index in [0.29, 0.717) is 6.61 Å². The highest BCUT2D eigenvalue weighted by atomic mass is 35.5. The Morgan fingerprint density at radius 3 is 2.62 bits per heavy atom. The van der Waals surface area contributed by atoms with E-state index in [1.165, 1.54) is 19.3 Å². The predicted molar refractivity (Wildman–Crippen MR) is 97.8 cm³/mol. The average Bonchev–Trinajstić information content (AvgIpc) is 2.94. The molecule has 0 atom stereocenters. The van der Waals surface area contributed by atoms with Gasteiger partial charge in [-0.25, -0.2) is 0 Å². The summed E-state index contributed by atoms with van der Waals surface area (Å²) >= 11 is 0. The molecule has 1 saturated heterocycles. The highest BCUT2D eigenvalue weighted by molar-refractivity contribution is 5.96. The Hall–Kier alpha value is -1.72. The molecule has 0 saturated carbocycles. The Balaban J connectivity index is 0.00000208. The van der Waals surface area contributed by atoms with Crippen LogP contribution in [0.3, 0.4) is 0 Å². The number of carbonyl (C=O) groups excluding carboxylic acids is 1. The number of fused-ring (bicyclic) bond motifs is 1. The molecule has 2 aromatic rings. The Morgan fingerprint density at radius 2 is 1.96 bits per heavy atom. The Kier molecular flexibility index (Phi) is 6.52. The van der Waals surface area contributed by atoms with Crippen LogP contribution in [-0.4, -0.2) is 48.7 Å². The van der Waals surface area contributed by atoms with Crippen LogP contribution in [-0.2, 0) is 0 Å². The SMILES string of the molecule is COc1ccc2c(c1)c(OCCN1CCCCC1)cn2C(C)=O.Cl. The van der Waals surface area contributed by atoms with Crippen LogP contribution in [0, 0.1) is 0 Å². The maximum absolute atomic E-state index is 11.8. The van der Waals surface area contributed by atoms with Crippen LogP contribution in [0.2, 0.25) is 0 Å². The fourth-order valence-electron chi connectivity index (χ4n) is 3.15. The molecule has 1 aliphatic heterocycles. The Labute approximate surface area is 148 Å². The van der Waals surface area contributed by atoms with E-state index in [1.807, 2.05) is 18.2 Å². The normalized spacial score (nSPS) is 15.1. The van der Waals surface area contributed by atoms with Gasteiger partial charge in [-0.05, 0) is 44.1 Å². The van der Waals surface area contributed by atoms with Crippen molar-refractivity contribution in [2.24, 2.45) is 0 Å². The van der Waals surface area contributed by atoms with Crippen LogP contribution in [0.5, 0.6) is 11.5 Å². The van der Waals surface area contributed by atoms with Crippen molar-refractivity contribution >= 4 is 29.2 Å². The first-order chi connectivity index (χ1) is 11.2. The van der Waals surface area contributed by atoms with Crippen molar-refractivity contribution in [3.63, 3.8) is 0 Å². The molecule has 0 amide bonds. The molecule has 1 aromatic heterocycles. The molecule has 6 heteroatoms. The molecule has 2 heterocycles. The van der Waals surface area contributed by atoms with E-state index in [4.69, 9.17) is 9.47 Å². The molecular formula is C18H25ClN2O3. The number of hydrogen-bond acceptors (Lipinski definition) is 4. The number of piperidine rings is 1. The molecular weight excluding hydrogens is 328 g/mol. The number of hydrogen-bond donors (Lipinski definition) is 0. The summed E-state index contributed by atoms with van der Waals surface area (Å²) in [5.41, 5.74) is 0.853. The number of halogens is 1. The number of aromatic nitrogens is 1. The molecule has 0 unspecified atom stereocenters. The summed E-state index contributed by atoms with van der Waals surface area (Å²) in [7, 11) is 1.64. The molecule has 24 heavy (non-hydrogen) atoms. The summed E-state index contributed by atoms with van der Waals surface area (Å²) in [5.74, 6) is 1.48. The molecule has 1 fully saturated rings. The summed E-state index contributed by atoms with van der Waals surface area (Å²) in [5, 5.41) is 0.915. The van der Waals surface area contributed by atoms with Gasteiger partial charge in [0.2, 0.25) is 5.91 Å². The topological polar surface area (TPSA) is 43.7 Å². The van der Waals surface area contributed by atoms with Crippen molar-refractivity contribution < 1.29 is 14.3 Å². The van der Waals surface area contributed by atoms with Crippen LogP contribution >= 0.6 is 12.4 Å². The smallest absolute Gasteiger partial charge is 0.228 e. The van der Waals surface area contributed by atoms with Gasteiger partial charge >= 0.3 is 0 Å². The van der Waals surface area contributed by atoms with Crippen molar-refractivity contribution in [3.8, 4) is 11.5 Å². The van der Waals surface area contributed by atoms with Gasteiger partial charge in [-0.15, -0.1) is 12.4 Å². The van der Waals surface area contributed by atoms with Gasteiger partial charge in [-0.1, -0.05) is 6.42 Å². The third-order valence-electron chi connectivity index (χ3n) is 4.43. The third kappa shape index (κ3) is 4.02. The molecule has 1 aliphatic rings. The van der Waals surface area contributed by atoms with Crippen LogP contribution < -0.4 is 9.47 Å². The quantitative estimate of drug-likeness (QED) is 0.824. The fourth-order valence-corrected chi connectivity index (χ4v) is 3.15. The molecule has 0 radical (unpaired) electrons. The van der Waals surface area contributed by atoms with Crippen molar-refractivity contribution in [2.75, 3.05) is 33.4 Å². The van der Waals surface area contributed by atoms with Gasteiger partial charge in [-0.3, -0.25) is 14.3 Å². The minimum absolute atomic E-state index is 0. The summed E-state index contributed by atoms with van der Waals surface area (Å²) in [4.78, 5) is 14.3. The summed E-state index contributed by atoms with van der Waals surface area (Å²) in [6.07, 6.45) is 5.67. The lowest BCUT2D eigenvalue weighted by Gasteiger charge is -2.26. The molecule has 0 N–H and O–H groups in total. The maximum Gasteiger partial charge on any atom is 0.228 e. The molecule has 0 bridgehead atoms. The molecule has 0 spiro atoms. The van der Waals surface area contributed by atoms with E-state index in [0.717, 1.165) is 42.0 Å². The van der Waals surface area contributed by atoms with Crippen LogP contribution in [0.1, 0.15) is 31.0 Å². The fraction of sp³-hybridized carbons (Fsp3) is 0.500. The first-order valence-corrected chi connectivity index (χ1v) is 8.24. The summed E-state index contributed by atoms with van der Waals surface area (Å²) < 4.78 is 12.9. The second-order valence-corrected chi connectivity index (χ2v) is 6.02. The van der Waals surface area contributed by atoms with Gasteiger partial charge in [0.25, 0.3) is 0 Å². The minimum Gasteiger partial charge on any atom is -0.497 e. The van der Waals surface area contributed by atoms with Gasteiger partial charge in [0.15, 0.2) is 0 Å².